The number of hydrogen-bond acceptors (Lipinski definition) is 9. The van der Waals surface area contributed by atoms with Crippen molar-refractivity contribution in [1.29, 1.82) is 0 Å². The van der Waals surface area contributed by atoms with Gasteiger partial charge in [-0.2, -0.15) is 0 Å². The van der Waals surface area contributed by atoms with Gasteiger partial charge in [0.2, 0.25) is 17.8 Å². The Hall–Kier alpha value is -4.88. The summed E-state index contributed by atoms with van der Waals surface area (Å²) in [6.07, 6.45) is 14.0. The lowest BCUT2D eigenvalue weighted by atomic mass is 9.71. The van der Waals surface area contributed by atoms with Crippen LogP contribution in [0.4, 0.5) is 16.0 Å². The molecule has 3 unspecified atom stereocenters. The van der Waals surface area contributed by atoms with Crippen molar-refractivity contribution in [2.75, 3.05) is 62.2 Å². The van der Waals surface area contributed by atoms with Crippen LogP contribution in [-0.4, -0.2) is 117 Å². The van der Waals surface area contributed by atoms with E-state index in [0.717, 1.165) is 72.5 Å². The molecule has 2 aromatic carbocycles. The van der Waals surface area contributed by atoms with E-state index in [1.165, 1.54) is 75.5 Å². The van der Waals surface area contributed by atoms with Crippen LogP contribution in [0.1, 0.15) is 117 Å². The molecule has 4 aromatic rings. The zero-order chi connectivity index (χ0) is 42.8. The number of anilines is 2. The topological polar surface area (TPSA) is 121 Å². The van der Waals surface area contributed by atoms with Crippen LogP contribution in [0.3, 0.4) is 0 Å². The maximum Gasteiger partial charge on any atom is 0.255 e. The zero-order valence-electron chi connectivity index (χ0n) is 36.7. The lowest BCUT2D eigenvalue weighted by molar-refractivity contribution is -0.136. The number of H-pyrrole nitrogens is 1. The first kappa shape index (κ1) is 41.1. The largest absolute Gasteiger partial charge is 0.372 e. The number of fused-ring (bicyclic) bond motifs is 4. The number of para-hydroxylation sites is 1. The van der Waals surface area contributed by atoms with Gasteiger partial charge in [0.15, 0.2) is 0 Å². The van der Waals surface area contributed by atoms with E-state index in [0.29, 0.717) is 30.5 Å². The van der Waals surface area contributed by atoms with Crippen LogP contribution in [0.5, 0.6) is 0 Å². The molecule has 0 saturated carbocycles. The molecule has 12 nitrogen and oxygen atoms in total. The number of imide groups is 1. The van der Waals surface area contributed by atoms with Crippen molar-refractivity contribution in [1.82, 2.24) is 35.0 Å². The number of nitrogens with zero attached hydrogens (tertiary/aromatic N) is 7. The second-order valence-electron chi connectivity index (χ2n) is 20.0. The smallest absolute Gasteiger partial charge is 0.255 e. The molecule has 6 aliphatic heterocycles. The number of hydrogen-bond donors (Lipinski definition) is 2. The number of nitrogens with one attached hydrogen (secondary N) is 2. The summed E-state index contributed by atoms with van der Waals surface area (Å²) in [5, 5.41) is 3.64. The summed E-state index contributed by atoms with van der Waals surface area (Å²) in [6.45, 7) is 13.8. The van der Waals surface area contributed by atoms with E-state index in [1.54, 1.807) is 18.7 Å². The number of halogens is 1. The Morgan fingerprint density at radius 2 is 1.61 bits per heavy atom. The van der Waals surface area contributed by atoms with Gasteiger partial charge in [0.25, 0.3) is 5.91 Å². The van der Waals surface area contributed by atoms with Gasteiger partial charge in [-0.15, -0.1) is 0 Å². The Labute approximate surface area is 364 Å². The molecule has 2 N–H and O–H groups in total. The maximum absolute atomic E-state index is 15.3. The molecule has 8 heterocycles. The molecule has 328 valence electrons. The number of aromatic nitrogens is 3. The predicted octanol–water partition coefficient (Wildman–Crippen LogP) is 6.79. The number of rotatable bonds is 9. The highest BCUT2D eigenvalue weighted by molar-refractivity contribution is 6.05. The summed E-state index contributed by atoms with van der Waals surface area (Å²) in [7, 11) is 0. The molecule has 3 amide bonds. The van der Waals surface area contributed by atoms with Gasteiger partial charge < -0.3 is 24.6 Å². The molecule has 0 bridgehead atoms. The standard InChI is InChI=1S/C49H62FN9O3/c1-32-26-39-38-6-4-5-7-40(38)53-43(39)44(59(32)31-48(2,3)50)35-28-51-47(52-29-35)57-24-17-49(18-25-57)15-22-55(23-16-49)19-12-33-13-20-56(21-14-33)36-8-9-37-34(27-36)30-58(46(37)62)41-10-11-42(60)54-45(41)61/h4-9,27-29,32-33,41,44,53H,10-26,30-31H2,1-3H3,(H,54,60,61). The third-order valence-corrected chi connectivity index (χ3v) is 15.4. The minimum Gasteiger partial charge on any atom is -0.372 e. The molecule has 1 spiro atoms. The number of likely N-dealkylation sites (tertiary alicyclic amines) is 1. The molecule has 0 aliphatic carbocycles. The SMILES string of the molecule is CC1Cc2c([nH]c3ccccc23)C(c2cnc(N3CCC4(CCN(CCC5CCN(c6ccc7c(c6)CN(C6CCC(=O)NC6=O)C7=O)CC5)CC4)CC3)nc2)N1CC(C)(C)F. The normalized spacial score (nSPS) is 25.1. The van der Waals surface area contributed by atoms with Crippen molar-refractivity contribution in [3.05, 3.63) is 82.8 Å². The van der Waals surface area contributed by atoms with E-state index in [4.69, 9.17) is 9.97 Å². The molecular weight excluding hydrogens is 782 g/mol. The predicted molar refractivity (Wildman–Crippen MR) is 239 cm³/mol. The first-order valence-electron chi connectivity index (χ1n) is 23.3. The van der Waals surface area contributed by atoms with Crippen LogP contribution in [0.15, 0.2) is 54.9 Å². The van der Waals surface area contributed by atoms with Crippen molar-refractivity contribution in [3.63, 3.8) is 0 Å². The average Bonchev–Trinajstić information content (AvgIpc) is 3.80. The van der Waals surface area contributed by atoms with E-state index in [2.05, 4.69) is 73.2 Å². The second kappa shape index (κ2) is 16.3. The summed E-state index contributed by atoms with van der Waals surface area (Å²) in [4.78, 5) is 62.4. The van der Waals surface area contributed by atoms with E-state index in [9.17, 15) is 14.4 Å². The average molecular weight is 844 g/mol. The highest BCUT2D eigenvalue weighted by atomic mass is 19.1. The van der Waals surface area contributed by atoms with Gasteiger partial charge in [-0.1, -0.05) is 18.2 Å². The fraction of sp³-hybridized carbons (Fsp3) is 0.571. The van der Waals surface area contributed by atoms with Crippen LogP contribution in [-0.2, 0) is 22.6 Å². The maximum atomic E-state index is 15.3. The fourth-order valence-corrected chi connectivity index (χ4v) is 11.7. The van der Waals surface area contributed by atoms with Gasteiger partial charge >= 0.3 is 0 Å². The summed E-state index contributed by atoms with van der Waals surface area (Å²) >= 11 is 0. The third-order valence-electron chi connectivity index (χ3n) is 15.4. The number of piperidine rings is 4. The van der Waals surface area contributed by atoms with Crippen molar-refractivity contribution >= 4 is 40.3 Å². The van der Waals surface area contributed by atoms with Gasteiger partial charge in [0, 0.05) is 97.5 Å². The highest BCUT2D eigenvalue weighted by Gasteiger charge is 2.42. The van der Waals surface area contributed by atoms with Crippen molar-refractivity contribution in [2.24, 2.45) is 11.3 Å². The number of carbonyl (C=O) groups is 3. The fourth-order valence-electron chi connectivity index (χ4n) is 11.7. The quantitative estimate of drug-likeness (QED) is 0.176. The molecule has 0 radical (unpaired) electrons. The first-order valence-corrected chi connectivity index (χ1v) is 23.3. The third kappa shape index (κ3) is 7.99. The Morgan fingerprint density at radius 3 is 2.34 bits per heavy atom. The van der Waals surface area contributed by atoms with Crippen LogP contribution in [0.2, 0.25) is 0 Å². The first-order chi connectivity index (χ1) is 29.9. The Bertz CT molecular complexity index is 2310. The van der Waals surface area contributed by atoms with E-state index < -0.39 is 11.7 Å². The van der Waals surface area contributed by atoms with Gasteiger partial charge in [0.1, 0.15) is 11.7 Å². The summed E-state index contributed by atoms with van der Waals surface area (Å²) in [5.41, 5.74) is 6.45. The number of aromatic amines is 1. The van der Waals surface area contributed by atoms with Gasteiger partial charge in [-0.05, 0) is 145 Å². The number of benzene rings is 2. The zero-order valence-corrected chi connectivity index (χ0v) is 36.7. The van der Waals surface area contributed by atoms with Gasteiger partial charge in [-0.25, -0.2) is 14.4 Å². The lowest BCUT2D eigenvalue weighted by Crippen LogP contribution is -2.52. The molecular formula is C49H62FN9O3. The molecule has 10 rings (SSSR count). The van der Waals surface area contributed by atoms with Crippen molar-refractivity contribution in [2.45, 2.75) is 115 Å². The van der Waals surface area contributed by atoms with Crippen LogP contribution in [0.25, 0.3) is 10.9 Å². The van der Waals surface area contributed by atoms with Crippen LogP contribution in [0, 0.1) is 11.3 Å². The van der Waals surface area contributed by atoms with E-state index in [1.807, 2.05) is 18.5 Å². The lowest BCUT2D eigenvalue weighted by Gasteiger charge is -2.47. The van der Waals surface area contributed by atoms with Gasteiger partial charge in [-0.3, -0.25) is 24.6 Å². The Morgan fingerprint density at radius 1 is 0.887 bits per heavy atom. The second-order valence-corrected chi connectivity index (χ2v) is 20.0. The molecule has 2 aromatic heterocycles. The molecule has 6 aliphatic rings. The summed E-state index contributed by atoms with van der Waals surface area (Å²) < 4.78 is 15.3. The number of carbonyl (C=O) groups excluding carboxylic acids is 3. The van der Waals surface area contributed by atoms with Crippen molar-refractivity contribution < 1.29 is 18.8 Å². The molecule has 4 fully saturated rings. The molecule has 3 atom stereocenters. The van der Waals surface area contributed by atoms with Crippen LogP contribution >= 0.6 is 0 Å². The molecule has 4 saturated heterocycles. The molecule has 13 heteroatoms. The Balaban J connectivity index is 0.690. The van der Waals surface area contributed by atoms with Crippen molar-refractivity contribution in [3.8, 4) is 0 Å². The van der Waals surface area contributed by atoms with Gasteiger partial charge in [0.05, 0.1) is 6.04 Å². The monoisotopic (exact) mass is 843 g/mol. The highest BCUT2D eigenvalue weighted by Crippen LogP contribution is 2.44. The summed E-state index contributed by atoms with van der Waals surface area (Å²) in [6, 6.07) is 14.0. The van der Waals surface area contributed by atoms with Crippen LogP contribution < -0.4 is 15.1 Å². The number of amides is 3. The molecule has 62 heavy (non-hydrogen) atoms. The minimum atomic E-state index is -1.33. The van der Waals surface area contributed by atoms with E-state index >= 15 is 4.39 Å². The summed E-state index contributed by atoms with van der Waals surface area (Å²) in [5.74, 6) is 0.772. The number of alkyl halides is 1. The Kier molecular flexibility index (Phi) is 10.9. The minimum absolute atomic E-state index is 0.117. The van der Waals surface area contributed by atoms with E-state index in [-0.39, 0.29) is 36.2 Å².